The van der Waals surface area contributed by atoms with Crippen LogP contribution in [-0.4, -0.2) is 0 Å². The van der Waals surface area contributed by atoms with Crippen molar-refractivity contribution in [1.29, 1.82) is 5.26 Å². The third-order valence-electron chi connectivity index (χ3n) is 2.27. The number of ether oxygens (including phenoxy) is 1. The largest absolute Gasteiger partial charge is 0.485 e. The predicted molar refractivity (Wildman–Crippen MR) is 58.9 cm³/mol. The van der Waals surface area contributed by atoms with Crippen molar-refractivity contribution in [3.05, 3.63) is 53.5 Å². The molecular formula is C13H11NO2. The molecule has 1 heterocycles. The van der Waals surface area contributed by atoms with Crippen LogP contribution in [0.1, 0.15) is 16.9 Å². The van der Waals surface area contributed by atoms with Gasteiger partial charge in [-0.25, -0.2) is 0 Å². The molecule has 80 valence electrons. The minimum Gasteiger partial charge on any atom is -0.485 e. The van der Waals surface area contributed by atoms with Gasteiger partial charge in [-0.15, -0.1) is 0 Å². The van der Waals surface area contributed by atoms with E-state index in [4.69, 9.17) is 14.4 Å². The Morgan fingerprint density at radius 3 is 2.94 bits per heavy atom. The average molecular weight is 213 g/mol. The van der Waals surface area contributed by atoms with Crippen molar-refractivity contribution in [2.45, 2.75) is 13.5 Å². The van der Waals surface area contributed by atoms with Crippen LogP contribution in [0, 0.1) is 18.3 Å². The second-order valence-electron chi connectivity index (χ2n) is 3.46. The molecule has 0 aliphatic heterocycles. The highest BCUT2D eigenvalue weighted by Gasteiger charge is 2.03. The highest BCUT2D eigenvalue weighted by molar-refractivity contribution is 5.41. The topological polar surface area (TPSA) is 46.2 Å². The number of hydrogen-bond donors (Lipinski definition) is 0. The third-order valence-corrected chi connectivity index (χ3v) is 2.27. The summed E-state index contributed by atoms with van der Waals surface area (Å²) in [5.74, 6) is 1.48. The standard InChI is InChI=1S/C13H11NO2/c1-10-4-5-11(8-14)7-13(10)16-9-12-3-2-6-15-12/h2-7H,9H2,1H3. The third kappa shape index (κ3) is 2.23. The van der Waals surface area contributed by atoms with Gasteiger partial charge in [-0.2, -0.15) is 5.26 Å². The molecule has 0 saturated carbocycles. The van der Waals surface area contributed by atoms with E-state index in [0.29, 0.717) is 12.2 Å². The van der Waals surface area contributed by atoms with Gasteiger partial charge >= 0.3 is 0 Å². The first kappa shape index (κ1) is 10.3. The fourth-order valence-corrected chi connectivity index (χ4v) is 1.37. The maximum absolute atomic E-state index is 8.78. The zero-order valence-corrected chi connectivity index (χ0v) is 8.93. The summed E-state index contributed by atoms with van der Waals surface area (Å²) in [6.45, 7) is 2.32. The zero-order valence-electron chi connectivity index (χ0n) is 8.93. The number of nitrogens with zero attached hydrogens (tertiary/aromatic N) is 1. The van der Waals surface area contributed by atoms with E-state index < -0.39 is 0 Å². The predicted octanol–water partition coefficient (Wildman–Crippen LogP) is 3.04. The van der Waals surface area contributed by atoms with Crippen LogP contribution in [0.15, 0.2) is 41.0 Å². The lowest BCUT2D eigenvalue weighted by molar-refractivity contribution is 0.268. The summed E-state index contributed by atoms with van der Waals surface area (Å²) in [4.78, 5) is 0. The molecule has 0 spiro atoms. The Morgan fingerprint density at radius 2 is 2.25 bits per heavy atom. The Hall–Kier alpha value is -2.21. The Bertz CT molecular complexity index is 509. The zero-order chi connectivity index (χ0) is 11.4. The molecule has 0 radical (unpaired) electrons. The summed E-state index contributed by atoms with van der Waals surface area (Å²) < 4.78 is 10.7. The Labute approximate surface area is 93.9 Å². The highest BCUT2D eigenvalue weighted by atomic mass is 16.5. The summed E-state index contributed by atoms with van der Waals surface area (Å²) in [7, 11) is 0. The summed E-state index contributed by atoms with van der Waals surface area (Å²) in [5.41, 5.74) is 1.60. The van der Waals surface area contributed by atoms with E-state index in [1.165, 1.54) is 0 Å². The molecule has 1 aromatic carbocycles. The fraction of sp³-hybridized carbons (Fsp3) is 0.154. The molecule has 0 saturated heterocycles. The van der Waals surface area contributed by atoms with Gasteiger partial charge in [0, 0.05) is 0 Å². The lowest BCUT2D eigenvalue weighted by Gasteiger charge is -2.07. The lowest BCUT2D eigenvalue weighted by Crippen LogP contribution is -1.96. The molecule has 0 atom stereocenters. The van der Waals surface area contributed by atoms with Crippen molar-refractivity contribution in [1.82, 2.24) is 0 Å². The minimum atomic E-state index is 0.378. The molecule has 0 fully saturated rings. The van der Waals surface area contributed by atoms with Gasteiger partial charge in [-0.05, 0) is 36.8 Å². The average Bonchev–Trinajstić information content (AvgIpc) is 2.81. The van der Waals surface area contributed by atoms with Crippen LogP contribution in [0.5, 0.6) is 5.75 Å². The van der Waals surface area contributed by atoms with Gasteiger partial charge in [0.2, 0.25) is 0 Å². The first-order valence-corrected chi connectivity index (χ1v) is 4.95. The van der Waals surface area contributed by atoms with E-state index in [2.05, 4.69) is 6.07 Å². The number of nitriles is 1. The smallest absolute Gasteiger partial charge is 0.146 e. The van der Waals surface area contributed by atoms with Crippen molar-refractivity contribution in [3.8, 4) is 11.8 Å². The van der Waals surface area contributed by atoms with E-state index in [1.807, 2.05) is 25.1 Å². The van der Waals surface area contributed by atoms with Crippen LogP contribution < -0.4 is 4.74 Å². The summed E-state index contributed by atoms with van der Waals surface area (Å²) in [6.07, 6.45) is 1.61. The van der Waals surface area contributed by atoms with E-state index >= 15 is 0 Å². The van der Waals surface area contributed by atoms with Crippen LogP contribution >= 0.6 is 0 Å². The van der Waals surface area contributed by atoms with Crippen molar-refractivity contribution in [2.24, 2.45) is 0 Å². The van der Waals surface area contributed by atoms with Gasteiger partial charge in [0.05, 0.1) is 17.9 Å². The number of furan rings is 1. The van der Waals surface area contributed by atoms with Crippen molar-refractivity contribution in [2.75, 3.05) is 0 Å². The quantitative estimate of drug-likeness (QED) is 0.787. The molecular weight excluding hydrogens is 202 g/mol. The molecule has 0 unspecified atom stereocenters. The SMILES string of the molecule is Cc1ccc(C#N)cc1OCc1ccco1. The monoisotopic (exact) mass is 213 g/mol. The maximum atomic E-state index is 8.78. The number of benzene rings is 1. The molecule has 2 aromatic rings. The summed E-state index contributed by atoms with van der Waals surface area (Å²) in [5, 5.41) is 8.78. The van der Waals surface area contributed by atoms with Crippen LogP contribution in [0.2, 0.25) is 0 Å². The van der Waals surface area contributed by atoms with Crippen LogP contribution in [-0.2, 0) is 6.61 Å². The fourth-order valence-electron chi connectivity index (χ4n) is 1.37. The molecule has 0 aliphatic carbocycles. The Balaban J connectivity index is 2.12. The number of rotatable bonds is 3. The van der Waals surface area contributed by atoms with E-state index in [9.17, 15) is 0 Å². The highest BCUT2D eigenvalue weighted by Crippen LogP contribution is 2.20. The van der Waals surface area contributed by atoms with Gasteiger partial charge in [-0.3, -0.25) is 0 Å². The number of hydrogen-bond acceptors (Lipinski definition) is 3. The molecule has 3 nitrogen and oxygen atoms in total. The summed E-state index contributed by atoms with van der Waals surface area (Å²) >= 11 is 0. The molecule has 0 bridgehead atoms. The first-order valence-electron chi connectivity index (χ1n) is 4.95. The molecule has 0 amide bonds. The van der Waals surface area contributed by atoms with Crippen molar-refractivity contribution >= 4 is 0 Å². The lowest BCUT2D eigenvalue weighted by atomic mass is 10.1. The maximum Gasteiger partial charge on any atom is 0.146 e. The molecule has 0 N–H and O–H groups in total. The minimum absolute atomic E-state index is 0.378. The number of aryl methyl sites for hydroxylation is 1. The van der Waals surface area contributed by atoms with Gasteiger partial charge < -0.3 is 9.15 Å². The first-order chi connectivity index (χ1) is 7.79. The molecule has 0 aliphatic rings. The van der Waals surface area contributed by atoms with Gasteiger partial charge in [-0.1, -0.05) is 6.07 Å². The van der Waals surface area contributed by atoms with Crippen LogP contribution in [0.4, 0.5) is 0 Å². The van der Waals surface area contributed by atoms with Gasteiger partial charge in [0.15, 0.2) is 0 Å². The molecule has 3 heteroatoms. The summed E-state index contributed by atoms with van der Waals surface area (Å²) in [6, 6.07) is 11.1. The van der Waals surface area contributed by atoms with Crippen LogP contribution in [0.25, 0.3) is 0 Å². The Kier molecular flexibility index (Phi) is 2.93. The van der Waals surface area contributed by atoms with Crippen LogP contribution in [0.3, 0.4) is 0 Å². The molecule has 1 aromatic heterocycles. The van der Waals surface area contributed by atoms with Crippen molar-refractivity contribution < 1.29 is 9.15 Å². The second-order valence-corrected chi connectivity index (χ2v) is 3.46. The normalized spacial score (nSPS) is 9.75. The molecule has 2 rings (SSSR count). The van der Waals surface area contributed by atoms with E-state index in [0.717, 1.165) is 17.1 Å². The second kappa shape index (κ2) is 4.54. The van der Waals surface area contributed by atoms with Crippen molar-refractivity contribution in [3.63, 3.8) is 0 Å². The van der Waals surface area contributed by atoms with Gasteiger partial charge in [0.1, 0.15) is 18.1 Å². The van der Waals surface area contributed by atoms with Gasteiger partial charge in [0.25, 0.3) is 0 Å². The van der Waals surface area contributed by atoms with E-state index in [-0.39, 0.29) is 0 Å². The van der Waals surface area contributed by atoms with E-state index in [1.54, 1.807) is 18.4 Å². The Morgan fingerprint density at radius 1 is 1.38 bits per heavy atom. The molecule has 16 heavy (non-hydrogen) atoms.